The van der Waals surface area contributed by atoms with E-state index in [1.165, 1.54) is 0 Å². The summed E-state index contributed by atoms with van der Waals surface area (Å²) in [5.41, 5.74) is 8.67. The van der Waals surface area contributed by atoms with Gasteiger partial charge in [-0.15, -0.1) is 0 Å². The second-order valence-corrected chi connectivity index (χ2v) is 8.70. The Morgan fingerprint density at radius 2 is 1.97 bits per heavy atom. The summed E-state index contributed by atoms with van der Waals surface area (Å²) in [7, 11) is 1.64. The van der Waals surface area contributed by atoms with Gasteiger partial charge in [0.25, 0.3) is 0 Å². The summed E-state index contributed by atoms with van der Waals surface area (Å²) < 4.78 is 7.19. The number of hydrogen-bond acceptors (Lipinski definition) is 5. The number of aromatic nitrogens is 4. The SMILES string of the molecule is COc1ccc(Cn2cnc(C3(c4ccc5nc(Cl)cc(Cl)c5n4)CC3C(N)=O)c2)cc1. The lowest BCUT2D eigenvalue weighted by Crippen LogP contribution is -2.23. The van der Waals surface area contributed by atoms with E-state index >= 15 is 0 Å². The first-order valence-electron chi connectivity index (χ1n) is 9.98. The van der Waals surface area contributed by atoms with Crippen molar-refractivity contribution < 1.29 is 9.53 Å². The number of benzene rings is 1. The molecule has 1 amide bonds. The number of nitrogens with zero attached hydrogens (tertiary/aromatic N) is 4. The van der Waals surface area contributed by atoms with Crippen LogP contribution in [0, 0.1) is 5.92 Å². The fourth-order valence-corrected chi connectivity index (χ4v) is 4.71. The van der Waals surface area contributed by atoms with Gasteiger partial charge in [-0.2, -0.15) is 0 Å². The van der Waals surface area contributed by atoms with Crippen molar-refractivity contribution in [1.82, 2.24) is 19.5 Å². The number of primary amides is 1. The van der Waals surface area contributed by atoms with Crippen molar-refractivity contribution in [2.75, 3.05) is 7.11 Å². The number of imidazole rings is 1. The summed E-state index contributed by atoms with van der Waals surface area (Å²) in [5.74, 6) is 0.0332. The monoisotopic (exact) mass is 467 g/mol. The van der Waals surface area contributed by atoms with E-state index in [1.54, 1.807) is 19.5 Å². The van der Waals surface area contributed by atoms with Crippen molar-refractivity contribution in [2.24, 2.45) is 11.7 Å². The molecular weight excluding hydrogens is 449 g/mol. The zero-order valence-corrected chi connectivity index (χ0v) is 18.6. The van der Waals surface area contributed by atoms with Crippen LogP contribution in [-0.2, 0) is 16.8 Å². The Kier molecular flexibility index (Phi) is 5.03. The fourth-order valence-electron chi connectivity index (χ4n) is 4.21. The minimum Gasteiger partial charge on any atom is -0.497 e. The van der Waals surface area contributed by atoms with Crippen molar-refractivity contribution in [2.45, 2.75) is 18.4 Å². The quantitative estimate of drug-likeness (QED) is 0.432. The summed E-state index contributed by atoms with van der Waals surface area (Å²) in [4.78, 5) is 25.8. The van der Waals surface area contributed by atoms with Gasteiger partial charge in [0, 0.05) is 12.7 Å². The molecule has 1 fully saturated rings. The number of pyridine rings is 2. The van der Waals surface area contributed by atoms with Gasteiger partial charge >= 0.3 is 0 Å². The molecule has 1 aliphatic carbocycles. The molecule has 3 aromatic heterocycles. The van der Waals surface area contributed by atoms with E-state index in [4.69, 9.17) is 38.7 Å². The number of carbonyl (C=O) groups excluding carboxylic acids is 1. The van der Waals surface area contributed by atoms with Gasteiger partial charge in [0.2, 0.25) is 5.91 Å². The lowest BCUT2D eigenvalue weighted by Gasteiger charge is -2.15. The van der Waals surface area contributed by atoms with Gasteiger partial charge in [-0.3, -0.25) is 4.79 Å². The van der Waals surface area contributed by atoms with Gasteiger partial charge in [0.05, 0.1) is 46.7 Å². The molecule has 1 aromatic carbocycles. The molecule has 4 aromatic rings. The second kappa shape index (κ2) is 7.76. The van der Waals surface area contributed by atoms with E-state index in [0.29, 0.717) is 39.9 Å². The normalized spacial score (nSPS) is 19.8. The number of amides is 1. The smallest absolute Gasteiger partial charge is 0.221 e. The maximum atomic E-state index is 12.1. The first-order valence-corrected chi connectivity index (χ1v) is 10.7. The summed E-state index contributed by atoms with van der Waals surface area (Å²) in [6.45, 7) is 0.633. The number of nitrogens with two attached hydrogens (primary N) is 1. The van der Waals surface area contributed by atoms with Gasteiger partial charge in [0.1, 0.15) is 16.4 Å². The highest BCUT2D eigenvalue weighted by molar-refractivity contribution is 6.37. The average Bonchev–Trinajstić information content (AvgIpc) is 3.38. The van der Waals surface area contributed by atoms with Gasteiger partial charge in [-0.1, -0.05) is 35.3 Å². The third kappa shape index (κ3) is 3.47. The lowest BCUT2D eigenvalue weighted by atomic mass is 9.94. The van der Waals surface area contributed by atoms with Crippen LogP contribution in [0.2, 0.25) is 10.2 Å². The van der Waals surface area contributed by atoms with Crippen molar-refractivity contribution in [1.29, 1.82) is 0 Å². The summed E-state index contributed by atoms with van der Waals surface area (Å²) in [5, 5.41) is 0.698. The Morgan fingerprint density at radius 1 is 1.19 bits per heavy atom. The molecule has 1 aliphatic rings. The molecule has 0 saturated heterocycles. The molecule has 1 saturated carbocycles. The van der Waals surface area contributed by atoms with Crippen LogP contribution >= 0.6 is 23.2 Å². The molecule has 3 heterocycles. The van der Waals surface area contributed by atoms with E-state index in [0.717, 1.165) is 17.0 Å². The van der Waals surface area contributed by atoms with Crippen LogP contribution in [-0.4, -0.2) is 32.5 Å². The Labute approximate surface area is 194 Å². The van der Waals surface area contributed by atoms with E-state index in [9.17, 15) is 4.79 Å². The molecule has 2 unspecified atom stereocenters. The summed E-state index contributed by atoms with van der Waals surface area (Å²) in [6, 6.07) is 13.0. The van der Waals surface area contributed by atoms with E-state index in [1.807, 2.05) is 47.2 Å². The van der Waals surface area contributed by atoms with Crippen LogP contribution in [0.5, 0.6) is 5.75 Å². The maximum Gasteiger partial charge on any atom is 0.221 e. The highest BCUT2D eigenvalue weighted by atomic mass is 35.5. The third-order valence-electron chi connectivity index (χ3n) is 5.95. The number of carbonyl (C=O) groups is 1. The van der Waals surface area contributed by atoms with Crippen LogP contribution in [0.1, 0.15) is 23.4 Å². The number of fused-ring (bicyclic) bond motifs is 1. The predicted molar refractivity (Wildman–Crippen MR) is 122 cm³/mol. The molecule has 162 valence electrons. The van der Waals surface area contributed by atoms with Crippen molar-refractivity contribution in [3.8, 4) is 5.75 Å². The molecule has 2 atom stereocenters. The molecule has 32 heavy (non-hydrogen) atoms. The van der Waals surface area contributed by atoms with Crippen LogP contribution in [0.25, 0.3) is 11.0 Å². The van der Waals surface area contributed by atoms with Crippen molar-refractivity contribution >= 4 is 40.1 Å². The topological polar surface area (TPSA) is 95.9 Å². The maximum absolute atomic E-state index is 12.1. The Morgan fingerprint density at radius 3 is 2.66 bits per heavy atom. The van der Waals surface area contributed by atoms with Crippen LogP contribution < -0.4 is 10.5 Å². The standard InChI is InChI=1S/C23H19Cl2N5O2/c1-32-14-4-2-13(3-5-14)10-30-11-19(27-12-30)23(9-15(23)22(26)31)18-7-6-17-21(29-18)16(24)8-20(25)28-17/h2-8,11-12,15H,9-10H2,1H3,(H2,26,31). The number of halogens is 2. The van der Waals surface area contributed by atoms with E-state index in [-0.39, 0.29) is 5.91 Å². The third-order valence-corrected chi connectivity index (χ3v) is 6.43. The molecule has 5 rings (SSSR count). The molecule has 9 heteroatoms. The van der Waals surface area contributed by atoms with Gasteiger partial charge in [-0.05, 0) is 42.3 Å². The van der Waals surface area contributed by atoms with Crippen LogP contribution in [0.15, 0.2) is 55.0 Å². The highest BCUT2D eigenvalue weighted by Crippen LogP contribution is 2.57. The Hall–Kier alpha value is -3.16. The molecule has 2 N–H and O–H groups in total. The largest absolute Gasteiger partial charge is 0.497 e. The molecule has 0 spiro atoms. The number of hydrogen-bond donors (Lipinski definition) is 1. The number of rotatable bonds is 6. The Balaban J connectivity index is 1.52. The molecule has 0 bridgehead atoms. The summed E-state index contributed by atoms with van der Waals surface area (Å²) in [6.07, 6.45) is 4.24. The lowest BCUT2D eigenvalue weighted by molar-refractivity contribution is -0.119. The number of ether oxygens (including phenoxy) is 1. The second-order valence-electron chi connectivity index (χ2n) is 7.90. The minimum atomic E-state index is -0.686. The molecule has 0 aliphatic heterocycles. The zero-order valence-electron chi connectivity index (χ0n) is 17.1. The van der Waals surface area contributed by atoms with E-state index < -0.39 is 11.3 Å². The van der Waals surface area contributed by atoms with Gasteiger partial charge in [-0.25, -0.2) is 15.0 Å². The van der Waals surface area contributed by atoms with Gasteiger partial charge < -0.3 is 15.0 Å². The first kappa shape index (κ1) is 20.7. The number of methoxy groups -OCH3 is 1. The Bertz CT molecular complexity index is 1340. The highest BCUT2D eigenvalue weighted by Gasteiger charge is 2.62. The van der Waals surface area contributed by atoms with Crippen LogP contribution in [0.3, 0.4) is 0 Å². The zero-order chi connectivity index (χ0) is 22.5. The molecule has 7 nitrogen and oxygen atoms in total. The van der Waals surface area contributed by atoms with Crippen molar-refractivity contribution in [3.63, 3.8) is 0 Å². The first-order chi connectivity index (χ1) is 15.4. The van der Waals surface area contributed by atoms with E-state index in [2.05, 4.69) is 9.97 Å². The van der Waals surface area contributed by atoms with Crippen molar-refractivity contribution in [3.05, 3.63) is 82.1 Å². The predicted octanol–water partition coefficient (Wildman–Crippen LogP) is 3.98. The molecular formula is C23H19Cl2N5O2. The summed E-state index contributed by atoms with van der Waals surface area (Å²) >= 11 is 12.4. The van der Waals surface area contributed by atoms with Gasteiger partial charge in [0.15, 0.2) is 0 Å². The minimum absolute atomic E-state index is 0.297. The molecule has 0 radical (unpaired) electrons. The average molecular weight is 468 g/mol. The van der Waals surface area contributed by atoms with Crippen LogP contribution in [0.4, 0.5) is 0 Å². The fraction of sp³-hybridized carbons (Fsp3) is 0.217.